The minimum atomic E-state index is -1.42. The number of anilines is 1. The second-order valence-electron chi connectivity index (χ2n) is 3.44. The zero-order valence-corrected chi connectivity index (χ0v) is 9.08. The van der Waals surface area contributed by atoms with Crippen LogP contribution in [-0.2, 0) is 4.79 Å². The van der Waals surface area contributed by atoms with Crippen LogP contribution in [-0.4, -0.2) is 33.6 Å². The van der Waals surface area contributed by atoms with E-state index >= 15 is 0 Å². The Balaban J connectivity index is 2.84. The number of nitrogens with one attached hydrogen (secondary N) is 1. The molecule has 0 spiro atoms. The summed E-state index contributed by atoms with van der Waals surface area (Å²) in [4.78, 5) is 24.5. The van der Waals surface area contributed by atoms with Crippen molar-refractivity contribution in [3.05, 3.63) is 27.9 Å². The number of carbonyl (C=O) groups is 1. The Morgan fingerprint density at radius 1 is 1.76 bits per heavy atom. The van der Waals surface area contributed by atoms with Gasteiger partial charge in [0.25, 0.3) is 0 Å². The molecule has 8 heteroatoms. The normalized spacial score (nSPS) is 11.9. The van der Waals surface area contributed by atoms with Crippen molar-refractivity contribution in [1.29, 1.82) is 0 Å². The van der Waals surface area contributed by atoms with Gasteiger partial charge in [-0.25, -0.2) is 4.98 Å². The Morgan fingerprint density at radius 3 is 2.94 bits per heavy atom. The van der Waals surface area contributed by atoms with Crippen LogP contribution < -0.4 is 11.1 Å². The van der Waals surface area contributed by atoms with E-state index < -0.39 is 16.9 Å². The van der Waals surface area contributed by atoms with Gasteiger partial charge < -0.3 is 16.2 Å². The molecule has 92 valence electrons. The molecule has 1 aromatic heterocycles. The summed E-state index contributed by atoms with van der Waals surface area (Å²) in [7, 11) is 0. The Hall–Kier alpha value is -2.22. The first-order valence-electron chi connectivity index (χ1n) is 4.74. The number of rotatable bonds is 5. The van der Waals surface area contributed by atoms with E-state index in [9.17, 15) is 14.9 Å². The van der Waals surface area contributed by atoms with E-state index in [-0.39, 0.29) is 18.1 Å². The molecule has 0 radical (unpaired) electrons. The van der Waals surface area contributed by atoms with E-state index in [0.717, 1.165) is 0 Å². The number of carbonyl (C=O) groups excluding carboxylic acids is 1. The molecule has 0 fully saturated rings. The summed E-state index contributed by atoms with van der Waals surface area (Å²) in [6, 6.07) is 1.34. The number of aliphatic hydroxyl groups is 1. The molecule has 0 saturated heterocycles. The number of amides is 1. The van der Waals surface area contributed by atoms with Gasteiger partial charge >= 0.3 is 5.69 Å². The SMILES string of the molecule is Cc1cnc(NCC(O)C(N)=O)c([N+](=O)[O-])c1. The number of pyridine rings is 1. The Morgan fingerprint density at radius 2 is 2.41 bits per heavy atom. The van der Waals surface area contributed by atoms with Gasteiger partial charge in [-0.15, -0.1) is 0 Å². The van der Waals surface area contributed by atoms with Crippen molar-refractivity contribution in [3.63, 3.8) is 0 Å². The number of aliphatic hydroxyl groups excluding tert-OH is 1. The number of aryl methyl sites for hydroxylation is 1. The predicted octanol–water partition coefficient (Wildman–Crippen LogP) is -0.444. The first-order chi connectivity index (χ1) is 7.91. The number of aromatic nitrogens is 1. The third-order valence-corrected chi connectivity index (χ3v) is 1.99. The summed E-state index contributed by atoms with van der Waals surface area (Å²) in [5, 5.41) is 22.4. The number of primary amides is 1. The van der Waals surface area contributed by atoms with E-state index in [4.69, 9.17) is 10.8 Å². The molecule has 0 aliphatic heterocycles. The Bertz CT molecular complexity index is 449. The first-order valence-corrected chi connectivity index (χ1v) is 4.74. The lowest BCUT2D eigenvalue weighted by atomic mass is 10.2. The van der Waals surface area contributed by atoms with E-state index in [0.29, 0.717) is 5.56 Å². The van der Waals surface area contributed by atoms with E-state index in [1.54, 1.807) is 6.92 Å². The highest BCUT2D eigenvalue weighted by molar-refractivity contribution is 5.79. The molecule has 8 nitrogen and oxygen atoms in total. The number of hydrogen-bond acceptors (Lipinski definition) is 6. The van der Waals surface area contributed by atoms with Crippen LogP contribution in [0.25, 0.3) is 0 Å². The molecule has 0 aromatic carbocycles. The van der Waals surface area contributed by atoms with Gasteiger partial charge in [0.2, 0.25) is 11.7 Å². The molecule has 0 saturated carbocycles. The standard InChI is InChI=1S/C9H12N4O4/c1-5-2-6(13(16)17)9(11-3-5)12-4-7(14)8(10)15/h2-3,7,14H,4H2,1H3,(H2,10,15)(H,11,12). The van der Waals surface area contributed by atoms with Crippen LogP contribution in [0.2, 0.25) is 0 Å². The summed E-state index contributed by atoms with van der Waals surface area (Å²) >= 11 is 0. The Labute approximate surface area is 96.6 Å². The van der Waals surface area contributed by atoms with Crippen molar-refractivity contribution < 1.29 is 14.8 Å². The molecule has 0 aliphatic carbocycles. The summed E-state index contributed by atoms with van der Waals surface area (Å²) in [5.41, 5.74) is 5.25. The monoisotopic (exact) mass is 240 g/mol. The van der Waals surface area contributed by atoms with Crippen LogP contribution in [0.5, 0.6) is 0 Å². The summed E-state index contributed by atoms with van der Waals surface area (Å²) in [6.45, 7) is 1.44. The summed E-state index contributed by atoms with van der Waals surface area (Å²) in [6.07, 6.45) is 0.0177. The van der Waals surface area contributed by atoms with Crippen LogP contribution in [0.1, 0.15) is 5.56 Å². The number of hydrogen-bond donors (Lipinski definition) is 3. The summed E-state index contributed by atoms with van der Waals surface area (Å²) < 4.78 is 0. The molecule has 4 N–H and O–H groups in total. The quantitative estimate of drug-likeness (QED) is 0.472. The summed E-state index contributed by atoms with van der Waals surface area (Å²) in [5.74, 6) is -0.923. The van der Waals surface area contributed by atoms with E-state index in [2.05, 4.69) is 10.3 Å². The minimum Gasteiger partial charge on any atom is -0.381 e. The van der Waals surface area contributed by atoms with E-state index in [1.165, 1.54) is 12.3 Å². The zero-order valence-electron chi connectivity index (χ0n) is 9.08. The molecular formula is C9H12N4O4. The van der Waals surface area contributed by atoms with Crippen LogP contribution in [0, 0.1) is 17.0 Å². The maximum atomic E-state index is 10.7. The fourth-order valence-corrected chi connectivity index (χ4v) is 1.12. The number of nitro groups is 1. The maximum absolute atomic E-state index is 10.7. The molecule has 1 unspecified atom stereocenters. The molecule has 17 heavy (non-hydrogen) atoms. The average molecular weight is 240 g/mol. The fourth-order valence-electron chi connectivity index (χ4n) is 1.12. The van der Waals surface area contributed by atoms with Crippen LogP contribution in [0.4, 0.5) is 11.5 Å². The van der Waals surface area contributed by atoms with Gasteiger partial charge in [0.15, 0.2) is 0 Å². The van der Waals surface area contributed by atoms with Gasteiger partial charge in [-0.3, -0.25) is 14.9 Å². The highest BCUT2D eigenvalue weighted by atomic mass is 16.6. The van der Waals surface area contributed by atoms with Gasteiger partial charge in [0.05, 0.1) is 11.5 Å². The molecule has 1 amide bonds. The zero-order chi connectivity index (χ0) is 13.0. The average Bonchev–Trinajstić information content (AvgIpc) is 2.26. The topological polar surface area (TPSA) is 131 Å². The number of nitrogens with zero attached hydrogens (tertiary/aromatic N) is 2. The first kappa shape index (κ1) is 12.8. The van der Waals surface area contributed by atoms with Crippen molar-refractivity contribution in [2.45, 2.75) is 13.0 Å². The molecule has 1 aromatic rings. The van der Waals surface area contributed by atoms with Crippen molar-refractivity contribution in [2.75, 3.05) is 11.9 Å². The molecule has 0 bridgehead atoms. The molecule has 1 heterocycles. The van der Waals surface area contributed by atoms with Gasteiger partial charge in [-0.05, 0) is 12.5 Å². The number of nitrogens with two attached hydrogens (primary N) is 1. The molecule has 1 rings (SSSR count). The lowest BCUT2D eigenvalue weighted by molar-refractivity contribution is -0.384. The highest BCUT2D eigenvalue weighted by Crippen LogP contribution is 2.22. The van der Waals surface area contributed by atoms with Crippen molar-refractivity contribution >= 4 is 17.4 Å². The highest BCUT2D eigenvalue weighted by Gasteiger charge is 2.17. The lowest BCUT2D eigenvalue weighted by Crippen LogP contribution is -2.34. The van der Waals surface area contributed by atoms with Crippen molar-refractivity contribution in [1.82, 2.24) is 4.98 Å². The van der Waals surface area contributed by atoms with Gasteiger partial charge in [0, 0.05) is 12.3 Å². The third-order valence-electron chi connectivity index (χ3n) is 1.99. The second kappa shape index (κ2) is 5.21. The molecule has 1 atom stereocenters. The van der Waals surface area contributed by atoms with Crippen molar-refractivity contribution in [3.8, 4) is 0 Å². The van der Waals surface area contributed by atoms with Crippen molar-refractivity contribution in [2.24, 2.45) is 5.73 Å². The third kappa shape index (κ3) is 3.38. The van der Waals surface area contributed by atoms with Crippen LogP contribution >= 0.6 is 0 Å². The van der Waals surface area contributed by atoms with Gasteiger partial charge in [-0.2, -0.15) is 0 Å². The second-order valence-corrected chi connectivity index (χ2v) is 3.44. The minimum absolute atomic E-state index is 0.0131. The molecular weight excluding hydrogens is 228 g/mol. The maximum Gasteiger partial charge on any atom is 0.311 e. The predicted molar refractivity (Wildman–Crippen MR) is 59.3 cm³/mol. The van der Waals surface area contributed by atoms with Gasteiger partial charge in [-0.1, -0.05) is 0 Å². The van der Waals surface area contributed by atoms with Gasteiger partial charge in [0.1, 0.15) is 6.10 Å². The van der Waals surface area contributed by atoms with E-state index in [1.807, 2.05) is 0 Å². The van der Waals surface area contributed by atoms with Crippen LogP contribution in [0.3, 0.4) is 0 Å². The molecule has 0 aliphatic rings. The Kier molecular flexibility index (Phi) is 3.94. The lowest BCUT2D eigenvalue weighted by Gasteiger charge is -2.09. The fraction of sp³-hybridized carbons (Fsp3) is 0.333. The van der Waals surface area contributed by atoms with Crippen LogP contribution in [0.15, 0.2) is 12.3 Å². The smallest absolute Gasteiger partial charge is 0.311 e. The largest absolute Gasteiger partial charge is 0.381 e.